The number of rotatable bonds is 7. The van der Waals surface area contributed by atoms with Crippen molar-refractivity contribution in [2.75, 3.05) is 13.2 Å². The zero-order valence-electron chi connectivity index (χ0n) is 12.6. The predicted octanol–water partition coefficient (Wildman–Crippen LogP) is 1.72. The second-order valence-electron chi connectivity index (χ2n) is 4.83. The second-order valence-corrected chi connectivity index (χ2v) is 4.83. The van der Waals surface area contributed by atoms with Crippen LogP contribution < -0.4 is 20.3 Å². The van der Waals surface area contributed by atoms with Crippen molar-refractivity contribution in [2.45, 2.75) is 26.2 Å². The molecule has 0 heterocycles. The molecule has 1 aromatic carbocycles. The van der Waals surface area contributed by atoms with Crippen molar-refractivity contribution in [3.05, 3.63) is 36.0 Å². The van der Waals surface area contributed by atoms with Gasteiger partial charge in [-0.3, -0.25) is 15.0 Å². The third kappa shape index (κ3) is 4.80. The molecule has 22 heavy (non-hydrogen) atoms. The number of benzene rings is 1. The van der Waals surface area contributed by atoms with E-state index >= 15 is 0 Å². The molecule has 0 fully saturated rings. The Kier molecular flexibility index (Phi) is 5.82. The Morgan fingerprint density at radius 3 is 2.59 bits per heavy atom. The molecular weight excluding hydrogens is 284 g/mol. The zero-order valence-corrected chi connectivity index (χ0v) is 12.6. The number of hydrogen-bond acceptors (Lipinski definition) is 5. The third-order valence-corrected chi connectivity index (χ3v) is 3.07. The number of amides is 1. The molecule has 0 radical (unpaired) electrons. The van der Waals surface area contributed by atoms with Crippen LogP contribution in [-0.4, -0.2) is 24.9 Å². The molecule has 0 saturated carbocycles. The van der Waals surface area contributed by atoms with Gasteiger partial charge in [0.05, 0.1) is 6.61 Å². The summed E-state index contributed by atoms with van der Waals surface area (Å²) < 4.78 is 10.9. The lowest BCUT2D eigenvalue weighted by atomic mass is 10.0. The van der Waals surface area contributed by atoms with E-state index < -0.39 is 0 Å². The topological polar surface area (TPSA) is 76.7 Å². The molecule has 0 atom stereocenters. The van der Waals surface area contributed by atoms with Gasteiger partial charge in [0.25, 0.3) is 5.91 Å². The average molecular weight is 304 g/mol. The summed E-state index contributed by atoms with van der Waals surface area (Å²) in [6.45, 7) is 2.27. The number of allylic oxidation sites excluding steroid dienone is 2. The Morgan fingerprint density at radius 1 is 1.18 bits per heavy atom. The smallest absolute Gasteiger partial charge is 0.276 e. The largest absolute Gasteiger partial charge is 0.490 e. The highest BCUT2D eigenvalue weighted by Crippen LogP contribution is 2.26. The number of ether oxygens (including phenoxy) is 2. The third-order valence-electron chi connectivity index (χ3n) is 3.07. The fourth-order valence-electron chi connectivity index (χ4n) is 2.06. The van der Waals surface area contributed by atoms with Gasteiger partial charge in [-0.25, -0.2) is 0 Å². The summed E-state index contributed by atoms with van der Waals surface area (Å²) in [6, 6.07) is 7.18. The van der Waals surface area contributed by atoms with Crippen LogP contribution in [0.1, 0.15) is 26.2 Å². The first-order chi connectivity index (χ1) is 10.7. The van der Waals surface area contributed by atoms with E-state index in [4.69, 9.17) is 9.47 Å². The number of carbonyl (C=O) groups is 2. The first-order valence-electron chi connectivity index (χ1n) is 7.32. The molecule has 118 valence electrons. The van der Waals surface area contributed by atoms with E-state index in [-0.39, 0.29) is 18.3 Å². The molecule has 2 rings (SSSR count). The maximum atomic E-state index is 11.8. The van der Waals surface area contributed by atoms with Crippen molar-refractivity contribution in [2.24, 2.45) is 0 Å². The van der Waals surface area contributed by atoms with Crippen LogP contribution in [0, 0.1) is 0 Å². The molecule has 6 heteroatoms. The predicted molar refractivity (Wildman–Crippen MR) is 81.3 cm³/mol. The van der Waals surface area contributed by atoms with Gasteiger partial charge in [-0.2, -0.15) is 0 Å². The lowest BCUT2D eigenvalue weighted by Gasteiger charge is -2.15. The Hall–Kier alpha value is -2.50. The second kappa shape index (κ2) is 8.07. The SMILES string of the molecule is CCOc1ccccc1OCC(=O)NNC1=CC(=O)CCC1. The molecule has 0 aliphatic heterocycles. The van der Waals surface area contributed by atoms with Gasteiger partial charge in [0, 0.05) is 18.2 Å². The van der Waals surface area contributed by atoms with Crippen LogP contribution in [0.4, 0.5) is 0 Å². The lowest BCUT2D eigenvalue weighted by molar-refractivity contribution is -0.124. The quantitative estimate of drug-likeness (QED) is 0.750. The minimum Gasteiger partial charge on any atom is -0.490 e. The summed E-state index contributed by atoms with van der Waals surface area (Å²) in [4.78, 5) is 23.0. The summed E-state index contributed by atoms with van der Waals surface area (Å²) in [5.41, 5.74) is 6.00. The Bertz CT molecular complexity index is 569. The molecular formula is C16H20N2O4. The minimum atomic E-state index is -0.328. The van der Waals surface area contributed by atoms with Crippen LogP contribution in [0.15, 0.2) is 36.0 Å². The fraction of sp³-hybridized carbons (Fsp3) is 0.375. The van der Waals surface area contributed by atoms with E-state index in [0.717, 1.165) is 18.5 Å². The van der Waals surface area contributed by atoms with Crippen LogP contribution in [0.5, 0.6) is 11.5 Å². The number of ketones is 1. The molecule has 2 N–H and O–H groups in total. The van der Waals surface area contributed by atoms with Crippen LogP contribution in [-0.2, 0) is 9.59 Å². The monoisotopic (exact) mass is 304 g/mol. The molecule has 6 nitrogen and oxygen atoms in total. The number of carbonyl (C=O) groups excluding carboxylic acids is 2. The van der Waals surface area contributed by atoms with E-state index in [1.54, 1.807) is 12.1 Å². The van der Waals surface area contributed by atoms with Crippen molar-refractivity contribution in [3.8, 4) is 11.5 Å². The Morgan fingerprint density at radius 2 is 1.91 bits per heavy atom. The van der Waals surface area contributed by atoms with Gasteiger partial charge in [0.1, 0.15) is 0 Å². The van der Waals surface area contributed by atoms with E-state index in [1.807, 2.05) is 19.1 Å². The van der Waals surface area contributed by atoms with E-state index in [0.29, 0.717) is 24.5 Å². The normalized spacial score (nSPS) is 14.0. The molecule has 1 amide bonds. The molecule has 1 aliphatic rings. The van der Waals surface area contributed by atoms with Gasteiger partial charge in [-0.05, 0) is 31.9 Å². The van der Waals surface area contributed by atoms with Crippen molar-refractivity contribution >= 4 is 11.7 Å². The van der Waals surface area contributed by atoms with Crippen LogP contribution in [0.3, 0.4) is 0 Å². The molecule has 0 spiro atoms. The van der Waals surface area contributed by atoms with Gasteiger partial charge in [-0.15, -0.1) is 0 Å². The standard InChI is InChI=1S/C16H20N2O4/c1-2-21-14-8-3-4-9-15(14)22-11-16(20)18-17-12-6-5-7-13(19)10-12/h3-4,8-10,17H,2,5-7,11H2,1H3,(H,18,20). The Labute approximate surface area is 129 Å². The number of nitrogens with one attached hydrogen (secondary N) is 2. The zero-order chi connectivity index (χ0) is 15.8. The minimum absolute atomic E-state index is 0.0740. The van der Waals surface area contributed by atoms with Gasteiger partial charge < -0.3 is 14.9 Å². The first kappa shape index (κ1) is 15.9. The maximum absolute atomic E-state index is 11.8. The van der Waals surface area contributed by atoms with E-state index in [1.165, 1.54) is 6.08 Å². The Balaban J connectivity index is 1.79. The van der Waals surface area contributed by atoms with Crippen LogP contribution >= 0.6 is 0 Å². The summed E-state index contributed by atoms with van der Waals surface area (Å²) in [5, 5.41) is 0. The first-order valence-corrected chi connectivity index (χ1v) is 7.32. The molecule has 0 aromatic heterocycles. The van der Waals surface area contributed by atoms with Gasteiger partial charge in [-0.1, -0.05) is 12.1 Å². The van der Waals surface area contributed by atoms with Crippen molar-refractivity contribution in [1.29, 1.82) is 0 Å². The van der Waals surface area contributed by atoms with Crippen molar-refractivity contribution < 1.29 is 19.1 Å². The van der Waals surface area contributed by atoms with Gasteiger partial charge in [0.2, 0.25) is 0 Å². The highest BCUT2D eigenvalue weighted by atomic mass is 16.5. The summed E-state index contributed by atoms with van der Waals surface area (Å²) in [7, 11) is 0. The maximum Gasteiger partial charge on any atom is 0.276 e. The summed E-state index contributed by atoms with van der Waals surface area (Å²) in [6.07, 6.45) is 3.64. The van der Waals surface area contributed by atoms with E-state index in [9.17, 15) is 9.59 Å². The highest BCUT2D eigenvalue weighted by molar-refractivity contribution is 5.91. The van der Waals surface area contributed by atoms with Gasteiger partial charge in [0.15, 0.2) is 23.9 Å². The van der Waals surface area contributed by atoms with Crippen LogP contribution in [0.2, 0.25) is 0 Å². The number of hydrazine groups is 1. The molecule has 0 unspecified atom stereocenters. The molecule has 1 aliphatic carbocycles. The van der Waals surface area contributed by atoms with Gasteiger partial charge >= 0.3 is 0 Å². The average Bonchev–Trinajstić information content (AvgIpc) is 2.52. The molecule has 0 saturated heterocycles. The number of hydrogen-bond donors (Lipinski definition) is 2. The van der Waals surface area contributed by atoms with Crippen molar-refractivity contribution in [3.63, 3.8) is 0 Å². The molecule has 0 bridgehead atoms. The summed E-state index contributed by atoms with van der Waals surface area (Å²) >= 11 is 0. The van der Waals surface area contributed by atoms with E-state index in [2.05, 4.69) is 10.9 Å². The van der Waals surface area contributed by atoms with Crippen molar-refractivity contribution in [1.82, 2.24) is 10.9 Å². The number of para-hydroxylation sites is 2. The fourth-order valence-corrected chi connectivity index (χ4v) is 2.06. The highest BCUT2D eigenvalue weighted by Gasteiger charge is 2.11. The summed E-state index contributed by atoms with van der Waals surface area (Å²) in [5.74, 6) is 0.869. The lowest BCUT2D eigenvalue weighted by Crippen LogP contribution is -2.40. The van der Waals surface area contributed by atoms with Crippen LogP contribution in [0.25, 0.3) is 0 Å². The molecule has 1 aromatic rings.